The number of aromatic amines is 1. The van der Waals surface area contributed by atoms with E-state index in [2.05, 4.69) is 27.5 Å². The summed E-state index contributed by atoms with van der Waals surface area (Å²) < 4.78 is 1.77. The fourth-order valence-corrected chi connectivity index (χ4v) is 4.51. The van der Waals surface area contributed by atoms with Crippen molar-refractivity contribution in [2.75, 3.05) is 0 Å². The molecular weight excluding hydrogens is 487 g/mol. The van der Waals surface area contributed by atoms with Crippen LogP contribution in [0, 0.1) is 0 Å². The van der Waals surface area contributed by atoms with E-state index in [4.69, 9.17) is 4.98 Å². The molecule has 0 aliphatic rings. The van der Waals surface area contributed by atoms with Crippen LogP contribution in [0.3, 0.4) is 0 Å². The Morgan fingerprint density at radius 1 is 1.03 bits per heavy atom. The van der Waals surface area contributed by atoms with Crippen molar-refractivity contribution < 1.29 is 36.1 Å². The summed E-state index contributed by atoms with van der Waals surface area (Å²) in [6.45, 7) is 5.98. The van der Waals surface area contributed by atoms with Crippen LogP contribution in [0.5, 0.6) is 0 Å². The van der Waals surface area contributed by atoms with Gasteiger partial charge in [-0.1, -0.05) is 67.9 Å². The van der Waals surface area contributed by atoms with Crippen LogP contribution in [0.1, 0.15) is 52.0 Å². The van der Waals surface area contributed by atoms with Gasteiger partial charge in [-0.2, -0.15) is 5.21 Å². The minimum absolute atomic E-state index is 0. The summed E-state index contributed by atoms with van der Waals surface area (Å²) in [6.07, 6.45) is 2.69. The second kappa shape index (κ2) is 11.7. The molecule has 0 unspecified atom stereocenters. The maximum atomic E-state index is 13.7. The monoisotopic (exact) mass is 518 g/mol. The van der Waals surface area contributed by atoms with Gasteiger partial charge in [0.2, 0.25) is 5.82 Å². The molecule has 0 saturated heterocycles. The van der Waals surface area contributed by atoms with Crippen LogP contribution in [-0.2, 0) is 18.6 Å². The number of aromatic nitrogens is 6. The second-order valence-corrected chi connectivity index (χ2v) is 9.79. The number of tetrazole rings is 1. The van der Waals surface area contributed by atoms with Gasteiger partial charge in [0.15, 0.2) is 0 Å². The molecule has 2 heterocycles. The van der Waals surface area contributed by atoms with Gasteiger partial charge in [-0.05, 0) is 59.9 Å². The number of aliphatic hydroxyl groups is 1. The summed E-state index contributed by atoms with van der Waals surface area (Å²) in [4.78, 5) is 18.5. The van der Waals surface area contributed by atoms with Gasteiger partial charge in [0.1, 0.15) is 5.82 Å². The van der Waals surface area contributed by atoms with Crippen molar-refractivity contribution in [1.29, 1.82) is 0 Å². The fourth-order valence-electron chi connectivity index (χ4n) is 4.51. The summed E-state index contributed by atoms with van der Waals surface area (Å²) in [5.41, 5.74) is 4.14. The van der Waals surface area contributed by atoms with E-state index < -0.39 is 5.60 Å². The molecule has 9 heteroatoms. The molecule has 8 nitrogen and oxygen atoms in total. The van der Waals surface area contributed by atoms with Crippen molar-refractivity contribution in [2.45, 2.75) is 52.2 Å². The molecule has 0 bridgehead atoms. The number of aryl methyl sites for hydroxylation is 1. The summed E-state index contributed by atoms with van der Waals surface area (Å²) in [5.74, 6) is 1.32. The quantitative estimate of drug-likeness (QED) is 0.304. The number of benzene rings is 3. The van der Waals surface area contributed by atoms with E-state index in [1.165, 1.54) is 0 Å². The Balaban J connectivity index is 0.00000210. The third-order valence-electron chi connectivity index (χ3n) is 6.61. The minimum Gasteiger partial charge on any atom is -1.00 e. The maximum Gasteiger partial charge on any atom is 1.00 e. The Morgan fingerprint density at radius 3 is 2.42 bits per heavy atom. The van der Waals surface area contributed by atoms with Crippen LogP contribution in [0.15, 0.2) is 71.5 Å². The zero-order chi connectivity index (χ0) is 26.0. The maximum absolute atomic E-state index is 13.7. The molecule has 38 heavy (non-hydrogen) atoms. The molecule has 2 N–H and O–H groups in total. The molecule has 0 amide bonds. The van der Waals surface area contributed by atoms with Crippen LogP contribution < -0.4 is 35.1 Å². The molecule has 0 spiro atoms. The summed E-state index contributed by atoms with van der Waals surface area (Å²) in [6, 6.07) is 21.5. The number of hydrogen-bond acceptors (Lipinski definition) is 6. The number of fused-ring (bicyclic) bond motifs is 1. The van der Waals surface area contributed by atoms with Gasteiger partial charge in [0.05, 0.1) is 23.0 Å². The van der Waals surface area contributed by atoms with E-state index in [0.717, 1.165) is 47.3 Å². The fraction of sp³-hybridized carbons (Fsp3) is 0.276. The first kappa shape index (κ1) is 27.9. The molecule has 2 aromatic heterocycles. The Labute approximate surface area is 244 Å². The number of H-pyrrole nitrogens is 1. The molecule has 0 radical (unpaired) electrons. The Bertz CT molecular complexity index is 1600. The normalized spacial score (nSPS) is 11.5. The number of rotatable bonds is 8. The van der Waals surface area contributed by atoms with E-state index >= 15 is 0 Å². The molecular formula is C29H31N6NaO2. The largest absolute Gasteiger partial charge is 1.00 e. The van der Waals surface area contributed by atoms with E-state index in [0.29, 0.717) is 28.8 Å². The molecule has 3 aromatic carbocycles. The van der Waals surface area contributed by atoms with Gasteiger partial charge < -0.3 is 6.53 Å². The first-order chi connectivity index (χ1) is 17.8. The molecule has 0 aliphatic carbocycles. The van der Waals surface area contributed by atoms with Crippen molar-refractivity contribution in [1.82, 2.24) is 30.2 Å². The average molecular weight is 519 g/mol. The predicted molar refractivity (Wildman–Crippen MR) is 145 cm³/mol. The molecule has 5 aromatic rings. The van der Waals surface area contributed by atoms with Crippen LogP contribution in [0.2, 0.25) is 0 Å². The number of nitrogens with one attached hydrogen (secondary N) is 1. The minimum atomic E-state index is -1.04. The van der Waals surface area contributed by atoms with Gasteiger partial charge in [-0.15, -0.1) is 10.2 Å². The molecule has 0 fully saturated rings. The smallest absolute Gasteiger partial charge is 1.00 e. The van der Waals surface area contributed by atoms with E-state index in [-0.39, 0.29) is 36.5 Å². The van der Waals surface area contributed by atoms with Crippen LogP contribution in [0.25, 0.3) is 33.4 Å². The molecule has 0 atom stereocenters. The first-order valence-electron chi connectivity index (χ1n) is 12.5. The average Bonchev–Trinajstić information content (AvgIpc) is 3.44. The van der Waals surface area contributed by atoms with Crippen LogP contribution in [-0.4, -0.2) is 35.3 Å². The van der Waals surface area contributed by atoms with Crippen molar-refractivity contribution in [2.24, 2.45) is 0 Å². The number of nitrogens with zero attached hydrogens (tertiary/aromatic N) is 5. The van der Waals surface area contributed by atoms with Gasteiger partial charge in [-0.25, -0.2) is 4.98 Å². The number of unbranched alkanes of at least 4 members (excludes halogenated alkanes) is 1. The predicted octanol–water partition coefficient (Wildman–Crippen LogP) is 1.98. The van der Waals surface area contributed by atoms with E-state index in [1.54, 1.807) is 24.5 Å². The zero-order valence-electron chi connectivity index (χ0n) is 23.3. The third-order valence-corrected chi connectivity index (χ3v) is 6.61. The van der Waals surface area contributed by atoms with Crippen molar-refractivity contribution in [3.05, 3.63) is 94.0 Å². The van der Waals surface area contributed by atoms with Gasteiger partial charge in [0, 0.05) is 12.0 Å². The van der Waals surface area contributed by atoms with Crippen molar-refractivity contribution >= 4 is 10.9 Å². The van der Waals surface area contributed by atoms with Crippen molar-refractivity contribution in [3.8, 4) is 22.5 Å². The second-order valence-electron chi connectivity index (χ2n) is 9.79. The van der Waals surface area contributed by atoms with Crippen LogP contribution in [0.4, 0.5) is 0 Å². The Hall–Kier alpha value is -3.17. The molecule has 0 saturated carbocycles. The molecule has 0 aliphatic heterocycles. The topological polar surface area (TPSA) is 110 Å². The molecule has 190 valence electrons. The van der Waals surface area contributed by atoms with Crippen molar-refractivity contribution in [3.63, 3.8) is 0 Å². The van der Waals surface area contributed by atoms with Crippen LogP contribution >= 0.6 is 0 Å². The molecule has 5 rings (SSSR count). The standard InChI is InChI=1S/C29H30N6O2.Na.H/c1-4-5-10-26-30-25-16-15-21(29(2,3)37)17-24(25)28(36)35(26)18-19-11-13-20(14-12-19)22-8-6-7-9-23(22)27-31-33-34-32-27;;/h6-9,11-17,37H,4-5,10,18H2,1-3H3,(H,31,32,33,34);;/q;+1;-1. The van der Waals surface area contributed by atoms with E-state index in [1.807, 2.05) is 60.7 Å². The summed E-state index contributed by atoms with van der Waals surface area (Å²) in [5, 5.41) is 25.4. The SMILES string of the molecule is CCCCc1nc2ccc(C(C)(C)O)cc2c(=O)n1Cc1ccc(-c2ccccc2-c2nn[nH]n2)cc1.[H-].[Na+]. The summed E-state index contributed by atoms with van der Waals surface area (Å²) >= 11 is 0. The third kappa shape index (κ3) is 5.78. The number of hydrogen-bond donors (Lipinski definition) is 2. The van der Waals surface area contributed by atoms with Gasteiger partial charge in [0.25, 0.3) is 5.56 Å². The van der Waals surface area contributed by atoms with Gasteiger partial charge in [-0.3, -0.25) is 9.36 Å². The van der Waals surface area contributed by atoms with E-state index in [9.17, 15) is 9.90 Å². The van der Waals surface area contributed by atoms with Gasteiger partial charge >= 0.3 is 29.6 Å². The Morgan fingerprint density at radius 2 is 1.76 bits per heavy atom. The first-order valence-corrected chi connectivity index (χ1v) is 12.5. The zero-order valence-corrected chi connectivity index (χ0v) is 24.3. The Kier molecular flexibility index (Phi) is 8.57. The summed E-state index contributed by atoms with van der Waals surface area (Å²) in [7, 11) is 0.